The van der Waals surface area contributed by atoms with Crippen molar-refractivity contribution in [1.29, 1.82) is 0 Å². The van der Waals surface area contributed by atoms with Gasteiger partial charge in [-0.3, -0.25) is 4.79 Å². The topological polar surface area (TPSA) is 79.0 Å². The van der Waals surface area contributed by atoms with Crippen molar-refractivity contribution >= 4 is 22.6 Å². The molecule has 0 atom stereocenters. The molecule has 4 rings (SSSR count). The summed E-state index contributed by atoms with van der Waals surface area (Å²) in [4.78, 5) is 19.9. The summed E-state index contributed by atoms with van der Waals surface area (Å²) in [6.07, 6.45) is 0. The molecule has 0 aliphatic rings. The molecule has 30 heavy (non-hydrogen) atoms. The molecule has 0 saturated carbocycles. The van der Waals surface area contributed by atoms with Crippen LogP contribution in [0.25, 0.3) is 11.0 Å². The molecule has 0 aliphatic heterocycles. The minimum Gasteiger partial charge on any atom is -0.484 e. The predicted octanol–water partition coefficient (Wildman–Crippen LogP) is 4.18. The lowest BCUT2D eigenvalue weighted by Gasteiger charge is -2.09. The van der Waals surface area contributed by atoms with Crippen LogP contribution in [0.1, 0.15) is 17.0 Å². The molecule has 4 aromatic rings. The highest BCUT2D eigenvalue weighted by Crippen LogP contribution is 2.14. The van der Waals surface area contributed by atoms with Crippen LogP contribution in [0.2, 0.25) is 0 Å². The normalized spacial score (nSPS) is 10.8. The van der Waals surface area contributed by atoms with Gasteiger partial charge in [-0.2, -0.15) is 0 Å². The van der Waals surface area contributed by atoms with E-state index in [4.69, 9.17) is 4.74 Å². The van der Waals surface area contributed by atoms with Crippen LogP contribution in [0.4, 0.5) is 5.69 Å². The van der Waals surface area contributed by atoms with Crippen molar-refractivity contribution in [3.63, 3.8) is 0 Å². The number of aryl methyl sites for hydroxylation is 1. The third-order valence-electron chi connectivity index (χ3n) is 4.69. The molecular weight excluding hydrogens is 376 g/mol. The molecular formula is C24H24N4O2. The van der Waals surface area contributed by atoms with Crippen molar-refractivity contribution in [2.45, 2.75) is 20.0 Å². The average Bonchev–Trinajstić information content (AvgIpc) is 3.18. The van der Waals surface area contributed by atoms with E-state index < -0.39 is 0 Å². The molecule has 3 aromatic carbocycles. The first-order valence-corrected chi connectivity index (χ1v) is 9.88. The van der Waals surface area contributed by atoms with Crippen LogP contribution in [0, 0.1) is 6.92 Å². The number of carbonyl (C=O) groups is 1. The predicted molar refractivity (Wildman–Crippen MR) is 118 cm³/mol. The van der Waals surface area contributed by atoms with E-state index in [1.807, 2.05) is 79.7 Å². The SMILES string of the molecule is Cc1ccc(NC(=O)COc2ccc(CNCc3nc4ccccc4[nH]3)cc2)cc1. The smallest absolute Gasteiger partial charge is 0.262 e. The second-order valence-electron chi connectivity index (χ2n) is 7.15. The Bertz CT molecular complexity index is 1090. The maximum atomic E-state index is 12.0. The second-order valence-corrected chi connectivity index (χ2v) is 7.15. The van der Waals surface area contributed by atoms with E-state index in [0.29, 0.717) is 18.8 Å². The number of rotatable bonds is 8. The summed E-state index contributed by atoms with van der Waals surface area (Å²) in [5, 5.41) is 6.20. The number of nitrogens with one attached hydrogen (secondary N) is 3. The van der Waals surface area contributed by atoms with E-state index in [9.17, 15) is 4.79 Å². The van der Waals surface area contributed by atoms with Crippen LogP contribution in [-0.4, -0.2) is 22.5 Å². The van der Waals surface area contributed by atoms with E-state index >= 15 is 0 Å². The highest BCUT2D eigenvalue weighted by atomic mass is 16.5. The average molecular weight is 400 g/mol. The minimum atomic E-state index is -0.185. The van der Waals surface area contributed by atoms with Crippen molar-refractivity contribution in [2.75, 3.05) is 11.9 Å². The third-order valence-corrected chi connectivity index (χ3v) is 4.69. The number of hydrogen-bond acceptors (Lipinski definition) is 4. The van der Waals surface area contributed by atoms with E-state index in [1.165, 1.54) is 0 Å². The van der Waals surface area contributed by atoms with Crippen LogP contribution in [0.15, 0.2) is 72.8 Å². The van der Waals surface area contributed by atoms with Gasteiger partial charge in [0.1, 0.15) is 11.6 Å². The quantitative estimate of drug-likeness (QED) is 0.415. The lowest BCUT2D eigenvalue weighted by molar-refractivity contribution is -0.118. The summed E-state index contributed by atoms with van der Waals surface area (Å²) in [5.74, 6) is 1.39. The number of aromatic nitrogens is 2. The number of H-pyrrole nitrogens is 1. The number of amides is 1. The van der Waals surface area contributed by atoms with Gasteiger partial charge in [-0.15, -0.1) is 0 Å². The summed E-state index contributed by atoms with van der Waals surface area (Å²) in [6.45, 7) is 3.35. The first kappa shape index (κ1) is 19.7. The number of carbonyl (C=O) groups excluding carboxylic acids is 1. The van der Waals surface area contributed by atoms with Gasteiger partial charge in [0.25, 0.3) is 5.91 Å². The van der Waals surface area contributed by atoms with Gasteiger partial charge < -0.3 is 20.4 Å². The third kappa shape index (κ3) is 5.24. The fourth-order valence-corrected chi connectivity index (χ4v) is 3.10. The van der Waals surface area contributed by atoms with Gasteiger partial charge in [-0.1, -0.05) is 42.0 Å². The van der Waals surface area contributed by atoms with Gasteiger partial charge in [0, 0.05) is 12.2 Å². The van der Waals surface area contributed by atoms with Crippen molar-refractivity contribution in [3.8, 4) is 5.75 Å². The minimum absolute atomic E-state index is 0.0302. The number of para-hydroxylation sites is 2. The van der Waals surface area contributed by atoms with Gasteiger partial charge >= 0.3 is 0 Å². The largest absolute Gasteiger partial charge is 0.484 e. The zero-order chi connectivity index (χ0) is 20.8. The molecule has 1 aromatic heterocycles. The summed E-state index contributed by atoms with van der Waals surface area (Å²) in [7, 11) is 0. The molecule has 6 heteroatoms. The number of benzene rings is 3. The zero-order valence-electron chi connectivity index (χ0n) is 16.8. The molecule has 152 valence electrons. The number of hydrogen-bond donors (Lipinski definition) is 3. The Labute approximate surface area is 175 Å². The summed E-state index contributed by atoms with van der Waals surface area (Å²) in [6, 6.07) is 23.4. The van der Waals surface area contributed by atoms with Crippen LogP contribution in [0.5, 0.6) is 5.75 Å². The van der Waals surface area contributed by atoms with Crippen molar-refractivity contribution in [2.24, 2.45) is 0 Å². The van der Waals surface area contributed by atoms with Gasteiger partial charge in [-0.05, 0) is 48.9 Å². The number of nitrogens with zero attached hydrogens (tertiary/aromatic N) is 1. The maximum absolute atomic E-state index is 12.0. The first-order valence-electron chi connectivity index (χ1n) is 9.88. The monoisotopic (exact) mass is 400 g/mol. The molecule has 0 unspecified atom stereocenters. The van der Waals surface area contributed by atoms with Crippen molar-refractivity contribution in [1.82, 2.24) is 15.3 Å². The molecule has 0 saturated heterocycles. The molecule has 0 aliphatic carbocycles. The van der Waals surface area contributed by atoms with Gasteiger partial charge in [0.15, 0.2) is 6.61 Å². The first-order chi connectivity index (χ1) is 14.7. The molecule has 0 radical (unpaired) electrons. The Hall–Kier alpha value is -3.64. The second kappa shape index (κ2) is 9.24. The van der Waals surface area contributed by atoms with Crippen LogP contribution in [0.3, 0.4) is 0 Å². The van der Waals surface area contributed by atoms with Gasteiger partial charge in [0.05, 0.1) is 17.6 Å². The summed E-state index contributed by atoms with van der Waals surface area (Å²) >= 11 is 0. The molecule has 6 nitrogen and oxygen atoms in total. The lowest BCUT2D eigenvalue weighted by Crippen LogP contribution is -2.20. The number of aromatic amines is 1. The maximum Gasteiger partial charge on any atom is 0.262 e. The zero-order valence-corrected chi connectivity index (χ0v) is 16.8. The number of imidazole rings is 1. The number of ether oxygens (including phenoxy) is 1. The Balaban J connectivity index is 1.21. The Kier molecular flexibility index (Phi) is 6.06. The van der Waals surface area contributed by atoms with Gasteiger partial charge in [0.2, 0.25) is 0 Å². The van der Waals surface area contributed by atoms with E-state index in [0.717, 1.165) is 33.7 Å². The van der Waals surface area contributed by atoms with Crippen molar-refractivity contribution in [3.05, 3.63) is 89.7 Å². The molecule has 3 N–H and O–H groups in total. The van der Waals surface area contributed by atoms with Crippen LogP contribution in [-0.2, 0) is 17.9 Å². The molecule has 0 bridgehead atoms. The fraction of sp³-hybridized carbons (Fsp3) is 0.167. The highest BCUT2D eigenvalue weighted by molar-refractivity contribution is 5.91. The van der Waals surface area contributed by atoms with Crippen molar-refractivity contribution < 1.29 is 9.53 Å². The van der Waals surface area contributed by atoms with E-state index in [2.05, 4.69) is 20.6 Å². The lowest BCUT2D eigenvalue weighted by atomic mass is 10.2. The fourth-order valence-electron chi connectivity index (χ4n) is 3.10. The highest BCUT2D eigenvalue weighted by Gasteiger charge is 2.05. The molecule has 1 heterocycles. The molecule has 1 amide bonds. The Morgan fingerprint density at radius 3 is 2.50 bits per heavy atom. The van der Waals surface area contributed by atoms with Gasteiger partial charge in [-0.25, -0.2) is 4.98 Å². The Morgan fingerprint density at radius 1 is 0.967 bits per heavy atom. The summed E-state index contributed by atoms with van der Waals surface area (Å²) < 4.78 is 5.58. The van der Waals surface area contributed by atoms with Crippen LogP contribution >= 0.6 is 0 Å². The standard InChI is InChI=1S/C24H24N4O2/c1-17-6-10-19(11-7-17)26-24(29)16-30-20-12-8-18(9-13-20)14-25-15-23-27-21-4-2-3-5-22(21)28-23/h2-13,25H,14-16H2,1H3,(H,26,29)(H,27,28). The molecule has 0 spiro atoms. The number of fused-ring (bicyclic) bond motifs is 1. The van der Waals surface area contributed by atoms with Crippen LogP contribution < -0.4 is 15.4 Å². The van der Waals surface area contributed by atoms with E-state index in [-0.39, 0.29) is 12.5 Å². The Morgan fingerprint density at radius 2 is 1.73 bits per heavy atom. The molecule has 0 fully saturated rings. The number of anilines is 1. The summed E-state index contributed by atoms with van der Waals surface area (Å²) in [5.41, 5.74) is 5.06. The van der Waals surface area contributed by atoms with E-state index in [1.54, 1.807) is 0 Å².